The molecule has 1 aliphatic heterocycles. The second-order valence-electron chi connectivity index (χ2n) is 6.57. The molecule has 29 heavy (non-hydrogen) atoms. The molecule has 0 saturated carbocycles. The first kappa shape index (κ1) is 21.0. The zero-order valence-electron chi connectivity index (χ0n) is 16.2. The number of nitrogens with one attached hydrogen (secondary N) is 2. The Hall–Kier alpha value is -2.77. The van der Waals surface area contributed by atoms with Crippen LogP contribution in [-0.4, -0.2) is 51.8 Å². The van der Waals surface area contributed by atoms with Crippen LogP contribution in [0, 0.1) is 0 Å². The van der Waals surface area contributed by atoms with E-state index in [1.54, 1.807) is 12.1 Å². The number of rotatable bonds is 6. The maximum Gasteiger partial charge on any atom is 0.313 e. The van der Waals surface area contributed by atoms with Gasteiger partial charge in [0.05, 0.1) is 26.0 Å². The van der Waals surface area contributed by atoms with Gasteiger partial charge in [-0.05, 0) is 42.3 Å². The van der Waals surface area contributed by atoms with Crippen LogP contribution in [0.15, 0.2) is 42.5 Å². The minimum Gasteiger partial charge on any atom is -0.495 e. The molecule has 3 rings (SSSR count). The second-order valence-corrected chi connectivity index (χ2v) is 7.01. The molecule has 1 saturated heterocycles. The number of carbonyl (C=O) groups excluding carboxylic acids is 2. The Labute approximate surface area is 174 Å². The fourth-order valence-electron chi connectivity index (χ4n) is 3.05. The Morgan fingerprint density at radius 1 is 1.10 bits per heavy atom. The van der Waals surface area contributed by atoms with Crippen molar-refractivity contribution in [2.75, 3.05) is 50.2 Å². The van der Waals surface area contributed by atoms with Gasteiger partial charge in [-0.2, -0.15) is 0 Å². The summed E-state index contributed by atoms with van der Waals surface area (Å²) in [4.78, 5) is 26.5. The first-order chi connectivity index (χ1) is 14.1. The van der Waals surface area contributed by atoms with Gasteiger partial charge < -0.3 is 25.0 Å². The van der Waals surface area contributed by atoms with E-state index >= 15 is 0 Å². The molecular weight excluding hydrogens is 394 g/mol. The van der Waals surface area contributed by atoms with Gasteiger partial charge in [0.1, 0.15) is 5.75 Å². The molecule has 1 aliphatic rings. The predicted molar refractivity (Wildman–Crippen MR) is 113 cm³/mol. The predicted octanol–water partition coefficient (Wildman–Crippen LogP) is 2.48. The Balaban J connectivity index is 1.47. The summed E-state index contributed by atoms with van der Waals surface area (Å²) < 4.78 is 10.5. The van der Waals surface area contributed by atoms with Gasteiger partial charge in [-0.3, -0.25) is 9.59 Å². The molecule has 0 unspecified atom stereocenters. The number of methoxy groups -OCH3 is 1. The summed E-state index contributed by atoms with van der Waals surface area (Å²) in [5, 5.41) is 5.58. The van der Waals surface area contributed by atoms with Crippen LogP contribution < -0.4 is 20.3 Å². The maximum atomic E-state index is 12.1. The molecule has 1 heterocycles. The lowest BCUT2D eigenvalue weighted by atomic mass is 10.1. The number of ether oxygens (including phenoxy) is 2. The van der Waals surface area contributed by atoms with E-state index in [4.69, 9.17) is 21.1 Å². The summed E-state index contributed by atoms with van der Waals surface area (Å²) >= 11 is 5.93. The summed E-state index contributed by atoms with van der Waals surface area (Å²) in [7, 11) is 1.48. The van der Waals surface area contributed by atoms with E-state index in [1.807, 2.05) is 12.1 Å². The molecule has 0 spiro atoms. The molecular formula is C21H24ClN3O4. The van der Waals surface area contributed by atoms with Crippen molar-refractivity contribution in [3.05, 3.63) is 53.1 Å². The Morgan fingerprint density at radius 2 is 1.83 bits per heavy atom. The fourth-order valence-corrected chi connectivity index (χ4v) is 3.22. The van der Waals surface area contributed by atoms with Gasteiger partial charge in [-0.1, -0.05) is 23.7 Å². The number of halogens is 1. The van der Waals surface area contributed by atoms with E-state index < -0.39 is 11.8 Å². The van der Waals surface area contributed by atoms with Gasteiger partial charge in [-0.25, -0.2) is 0 Å². The highest BCUT2D eigenvalue weighted by atomic mass is 35.5. The van der Waals surface area contributed by atoms with Gasteiger partial charge >= 0.3 is 11.8 Å². The first-order valence-electron chi connectivity index (χ1n) is 9.41. The van der Waals surface area contributed by atoms with Crippen molar-refractivity contribution >= 4 is 34.8 Å². The van der Waals surface area contributed by atoms with Gasteiger partial charge in [0.25, 0.3) is 0 Å². The smallest absolute Gasteiger partial charge is 0.313 e. The van der Waals surface area contributed by atoms with Crippen molar-refractivity contribution in [3.8, 4) is 5.75 Å². The van der Waals surface area contributed by atoms with Crippen LogP contribution in [0.2, 0.25) is 5.02 Å². The Bertz CT molecular complexity index is 852. The number of anilines is 2. The van der Waals surface area contributed by atoms with Crippen LogP contribution in [0.25, 0.3) is 0 Å². The molecule has 0 aliphatic carbocycles. The fraction of sp³-hybridized carbons (Fsp3) is 0.333. The van der Waals surface area contributed by atoms with E-state index in [0.29, 0.717) is 29.4 Å². The highest BCUT2D eigenvalue weighted by Crippen LogP contribution is 2.27. The molecule has 0 aromatic heterocycles. The number of nitrogens with zero attached hydrogens (tertiary/aromatic N) is 1. The summed E-state index contributed by atoms with van der Waals surface area (Å²) in [6.45, 7) is 3.63. The minimum atomic E-state index is -0.770. The average molecular weight is 418 g/mol. The number of hydrogen-bond acceptors (Lipinski definition) is 5. The average Bonchev–Trinajstić information content (AvgIpc) is 2.75. The quantitative estimate of drug-likeness (QED) is 0.706. The Morgan fingerprint density at radius 3 is 2.52 bits per heavy atom. The third kappa shape index (κ3) is 5.85. The molecule has 8 heteroatoms. The maximum absolute atomic E-state index is 12.1. The van der Waals surface area contributed by atoms with Crippen LogP contribution in [0.1, 0.15) is 5.56 Å². The largest absolute Gasteiger partial charge is 0.495 e. The van der Waals surface area contributed by atoms with Crippen molar-refractivity contribution in [1.82, 2.24) is 5.32 Å². The number of benzene rings is 2. The highest BCUT2D eigenvalue weighted by Gasteiger charge is 2.16. The van der Waals surface area contributed by atoms with Gasteiger partial charge in [0, 0.05) is 30.3 Å². The summed E-state index contributed by atoms with van der Waals surface area (Å²) in [5.41, 5.74) is 2.59. The van der Waals surface area contributed by atoms with Crippen LogP contribution in [0.4, 0.5) is 11.4 Å². The molecule has 2 N–H and O–H groups in total. The molecule has 0 bridgehead atoms. The SMILES string of the molecule is COc1ccc(Cl)cc1NC(=O)C(=O)NCCc1ccc(N2CCOCC2)cc1. The van der Waals surface area contributed by atoms with Crippen molar-refractivity contribution in [1.29, 1.82) is 0 Å². The third-order valence-electron chi connectivity index (χ3n) is 4.63. The van der Waals surface area contributed by atoms with Gasteiger partial charge in [0.2, 0.25) is 0 Å². The van der Waals surface area contributed by atoms with Crippen molar-refractivity contribution in [2.24, 2.45) is 0 Å². The molecule has 0 atom stereocenters. The normalized spacial score (nSPS) is 13.7. The van der Waals surface area contributed by atoms with Gasteiger partial charge in [-0.15, -0.1) is 0 Å². The second kappa shape index (κ2) is 10.1. The first-order valence-corrected chi connectivity index (χ1v) is 9.79. The third-order valence-corrected chi connectivity index (χ3v) is 4.86. The lowest BCUT2D eigenvalue weighted by molar-refractivity contribution is -0.136. The van der Waals surface area contributed by atoms with Crippen LogP contribution in [0.5, 0.6) is 5.75 Å². The lowest BCUT2D eigenvalue weighted by Crippen LogP contribution is -2.36. The zero-order valence-corrected chi connectivity index (χ0v) is 17.0. The number of amides is 2. The monoisotopic (exact) mass is 417 g/mol. The molecule has 0 radical (unpaired) electrons. The lowest BCUT2D eigenvalue weighted by Gasteiger charge is -2.28. The van der Waals surface area contributed by atoms with Crippen molar-refractivity contribution < 1.29 is 19.1 Å². The summed E-state index contributed by atoms with van der Waals surface area (Å²) in [6, 6.07) is 13.0. The summed E-state index contributed by atoms with van der Waals surface area (Å²) in [5.74, 6) is -1.05. The topological polar surface area (TPSA) is 79.9 Å². The molecule has 2 amide bonds. The van der Waals surface area contributed by atoms with E-state index in [9.17, 15) is 9.59 Å². The standard InChI is InChI=1S/C21H24ClN3O4/c1-28-19-7-4-16(22)14-18(19)24-21(27)20(26)23-9-8-15-2-5-17(6-3-15)25-10-12-29-13-11-25/h2-7,14H,8-13H2,1H3,(H,23,26)(H,24,27). The molecule has 2 aromatic carbocycles. The van der Waals surface area contributed by atoms with E-state index in [0.717, 1.165) is 37.6 Å². The van der Waals surface area contributed by atoms with Crippen molar-refractivity contribution in [2.45, 2.75) is 6.42 Å². The van der Waals surface area contributed by atoms with Crippen LogP contribution >= 0.6 is 11.6 Å². The van der Waals surface area contributed by atoms with E-state index in [-0.39, 0.29) is 0 Å². The molecule has 154 valence electrons. The Kier molecular flexibility index (Phi) is 7.32. The number of morpholine rings is 1. The van der Waals surface area contributed by atoms with Crippen LogP contribution in [-0.2, 0) is 20.7 Å². The molecule has 1 fully saturated rings. The zero-order chi connectivity index (χ0) is 20.6. The van der Waals surface area contributed by atoms with E-state index in [1.165, 1.54) is 13.2 Å². The summed E-state index contributed by atoms with van der Waals surface area (Å²) in [6.07, 6.45) is 0.628. The van der Waals surface area contributed by atoms with Crippen LogP contribution in [0.3, 0.4) is 0 Å². The van der Waals surface area contributed by atoms with Gasteiger partial charge in [0.15, 0.2) is 0 Å². The van der Waals surface area contributed by atoms with Crippen molar-refractivity contribution in [3.63, 3.8) is 0 Å². The van der Waals surface area contributed by atoms with E-state index in [2.05, 4.69) is 27.7 Å². The number of hydrogen-bond donors (Lipinski definition) is 2. The highest BCUT2D eigenvalue weighted by molar-refractivity contribution is 6.40. The molecule has 7 nitrogen and oxygen atoms in total. The number of carbonyl (C=O) groups is 2. The minimum absolute atomic E-state index is 0.346. The molecule has 2 aromatic rings.